The van der Waals surface area contributed by atoms with Crippen LogP contribution in [0.3, 0.4) is 0 Å². The van der Waals surface area contributed by atoms with Crippen LogP contribution in [0.5, 0.6) is 5.75 Å². The minimum absolute atomic E-state index is 0.00722. The molecule has 0 amide bonds. The number of carbonyl (C=O) groups is 1. The van der Waals surface area contributed by atoms with E-state index in [1.807, 2.05) is 32.9 Å². The van der Waals surface area contributed by atoms with Gasteiger partial charge in [-0.25, -0.2) is 4.79 Å². The van der Waals surface area contributed by atoms with Crippen molar-refractivity contribution in [3.8, 4) is 5.75 Å². The van der Waals surface area contributed by atoms with E-state index in [2.05, 4.69) is 0 Å². The molecule has 1 heterocycles. The van der Waals surface area contributed by atoms with Gasteiger partial charge in [0, 0.05) is 11.6 Å². The van der Waals surface area contributed by atoms with Gasteiger partial charge in [0.1, 0.15) is 17.9 Å². The zero-order valence-electron chi connectivity index (χ0n) is 16.4. The van der Waals surface area contributed by atoms with E-state index in [0.29, 0.717) is 11.8 Å². The van der Waals surface area contributed by atoms with Crippen molar-refractivity contribution in [2.45, 2.75) is 77.5 Å². The highest BCUT2D eigenvalue weighted by atomic mass is 16.5. The topological polar surface area (TPSA) is 57.5 Å². The standard InChI is InChI=1S/C22H29NO4/c1-4-20(22(25)27-17-8-6-5-7-9-17)23-13-12-16-14-18(26-15(2)3)10-11-19(16)21(23)24/h10-15,17,20H,4-9H2,1-3H3. The van der Waals surface area contributed by atoms with Crippen molar-refractivity contribution in [3.05, 3.63) is 40.8 Å². The molecule has 1 unspecified atom stereocenters. The van der Waals surface area contributed by atoms with Crippen LogP contribution in [0.25, 0.3) is 10.8 Å². The lowest BCUT2D eigenvalue weighted by atomic mass is 9.98. The molecule has 5 nitrogen and oxygen atoms in total. The van der Waals surface area contributed by atoms with Gasteiger partial charge in [0.05, 0.1) is 6.10 Å². The predicted molar refractivity (Wildman–Crippen MR) is 106 cm³/mol. The van der Waals surface area contributed by atoms with Gasteiger partial charge in [-0.3, -0.25) is 4.79 Å². The van der Waals surface area contributed by atoms with E-state index in [9.17, 15) is 9.59 Å². The second kappa shape index (κ2) is 8.59. The van der Waals surface area contributed by atoms with Gasteiger partial charge in [-0.15, -0.1) is 0 Å². The number of fused-ring (bicyclic) bond motifs is 1. The second-order valence-corrected chi connectivity index (χ2v) is 7.56. The first-order valence-corrected chi connectivity index (χ1v) is 10.0. The number of pyridine rings is 1. The number of nitrogens with zero attached hydrogens (tertiary/aromatic N) is 1. The van der Waals surface area contributed by atoms with Crippen molar-refractivity contribution in [3.63, 3.8) is 0 Å². The Hall–Kier alpha value is -2.30. The van der Waals surface area contributed by atoms with E-state index in [-0.39, 0.29) is 23.7 Å². The smallest absolute Gasteiger partial charge is 0.329 e. The molecule has 1 atom stereocenters. The van der Waals surface area contributed by atoms with Crippen molar-refractivity contribution >= 4 is 16.7 Å². The van der Waals surface area contributed by atoms with Crippen LogP contribution in [0.15, 0.2) is 35.3 Å². The average Bonchev–Trinajstić information content (AvgIpc) is 2.64. The minimum atomic E-state index is -0.588. The number of ether oxygens (including phenoxy) is 2. The summed E-state index contributed by atoms with van der Waals surface area (Å²) < 4.78 is 12.9. The van der Waals surface area contributed by atoms with Crippen molar-refractivity contribution in [1.82, 2.24) is 4.57 Å². The summed E-state index contributed by atoms with van der Waals surface area (Å²) in [5.41, 5.74) is -0.170. The van der Waals surface area contributed by atoms with Gasteiger partial charge < -0.3 is 14.0 Å². The van der Waals surface area contributed by atoms with Crippen LogP contribution in [0.4, 0.5) is 0 Å². The first-order chi connectivity index (χ1) is 13.0. The molecular formula is C22H29NO4. The van der Waals surface area contributed by atoms with Gasteiger partial charge in [0.2, 0.25) is 0 Å². The number of rotatable bonds is 6. The monoisotopic (exact) mass is 371 g/mol. The van der Waals surface area contributed by atoms with Gasteiger partial charge in [-0.2, -0.15) is 0 Å². The second-order valence-electron chi connectivity index (χ2n) is 7.56. The molecule has 2 aromatic rings. The minimum Gasteiger partial charge on any atom is -0.491 e. The highest BCUT2D eigenvalue weighted by Gasteiger charge is 2.26. The molecule has 0 spiro atoms. The van der Waals surface area contributed by atoms with Gasteiger partial charge in [-0.05, 0) is 75.6 Å². The third-order valence-corrected chi connectivity index (χ3v) is 5.10. The van der Waals surface area contributed by atoms with E-state index < -0.39 is 6.04 Å². The summed E-state index contributed by atoms with van der Waals surface area (Å²) in [5, 5.41) is 1.39. The van der Waals surface area contributed by atoms with E-state index in [1.165, 1.54) is 11.0 Å². The molecule has 1 aliphatic carbocycles. The number of esters is 1. The van der Waals surface area contributed by atoms with Crippen LogP contribution in [-0.4, -0.2) is 22.7 Å². The maximum atomic E-state index is 13.0. The summed E-state index contributed by atoms with van der Waals surface area (Å²) in [6, 6.07) is 6.71. The third-order valence-electron chi connectivity index (χ3n) is 5.10. The van der Waals surface area contributed by atoms with Crippen molar-refractivity contribution in [1.29, 1.82) is 0 Å². The third kappa shape index (κ3) is 4.52. The lowest BCUT2D eigenvalue weighted by Crippen LogP contribution is -2.33. The van der Waals surface area contributed by atoms with E-state index >= 15 is 0 Å². The molecule has 0 aliphatic heterocycles. The van der Waals surface area contributed by atoms with E-state index in [1.54, 1.807) is 18.3 Å². The molecule has 0 saturated heterocycles. The van der Waals surface area contributed by atoms with Gasteiger partial charge >= 0.3 is 5.97 Å². The Morgan fingerprint density at radius 2 is 1.93 bits per heavy atom. The van der Waals surface area contributed by atoms with Crippen molar-refractivity contribution in [2.75, 3.05) is 0 Å². The number of carbonyl (C=O) groups excluding carboxylic acids is 1. The van der Waals surface area contributed by atoms with Crippen LogP contribution in [0, 0.1) is 0 Å². The fourth-order valence-electron chi connectivity index (χ4n) is 3.73. The lowest BCUT2D eigenvalue weighted by molar-refractivity contribution is -0.154. The highest BCUT2D eigenvalue weighted by Crippen LogP contribution is 2.24. The molecule has 27 heavy (non-hydrogen) atoms. The predicted octanol–water partition coefficient (Wildman–Crippen LogP) is 4.62. The maximum Gasteiger partial charge on any atom is 0.329 e. The Kier molecular flexibility index (Phi) is 6.19. The number of benzene rings is 1. The quantitative estimate of drug-likeness (QED) is 0.696. The molecule has 3 rings (SSSR count). The average molecular weight is 371 g/mol. The van der Waals surface area contributed by atoms with Gasteiger partial charge in [0.25, 0.3) is 5.56 Å². The molecule has 0 bridgehead atoms. The SMILES string of the molecule is CCC(C(=O)OC1CCCCC1)n1ccc2cc(OC(C)C)ccc2c1=O. The fraction of sp³-hybridized carbons (Fsp3) is 0.545. The van der Waals surface area contributed by atoms with E-state index in [4.69, 9.17) is 9.47 Å². The molecule has 1 saturated carbocycles. The Morgan fingerprint density at radius 1 is 1.19 bits per heavy atom. The summed E-state index contributed by atoms with van der Waals surface area (Å²) in [6.07, 6.45) is 7.54. The number of hydrogen-bond donors (Lipinski definition) is 0. The first-order valence-electron chi connectivity index (χ1n) is 10.0. The molecule has 1 aromatic heterocycles. The van der Waals surface area contributed by atoms with Crippen molar-refractivity contribution < 1.29 is 14.3 Å². The summed E-state index contributed by atoms with van der Waals surface area (Å²) in [6.45, 7) is 5.83. The van der Waals surface area contributed by atoms with E-state index in [0.717, 1.165) is 36.8 Å². The summed E-state index contributed by atoms with van der Waals surface area (Å²) in [5.74, 6) is 0.434. The van der Waals surface area contributed by atoms with Crippen LogP contribution in [0.1, 0.15) is 65.3 Å². The largest absolute Gasteiger partial charge is 0.491 e. The Morgan fingerprint density at radius 3 is 2.59 bits per heavy atom. The Bertz CT molecular complexity index is 849. The van der Waals surface area contributed by atoms with Crippen LogP contribution in [-0.2, 0) is 9.53 Å². The zero-order chi connectivity index (χ0) is 19.4. The zero-order valence-corrected chi connectivity index (χ0v) is 16.4. The normalized spacial score (nSPS) is 16.4. The van der Waals surface area contributed by atoms with Crippen molar-refractivity contribution in [2.24, 2.45) is 0 Å². The number of hydrogen-bond acceptors (Lipinski definition) is 4. The maximum absolute atomic E-state index is 13.0. The van der Waals surface area contributed by atoms with Gasteiger partial charge in [0.15, 0.2) is 0 Å². The Balaban J connectivity index is 1.86. The summed E-state index contributed by atoms with van der Waals surface area (Å²) in [7, 11) is 0. The number of aromatic nitrogens is 1. The van der Waals surface area contributed by atoms with Gasteiger partial charge in [-0.1, -0.05) is 13.3 Å². The Labute approximate surface area is 160 Å². The molecule has 146 valence electrons. The molecular weight excluding hydrogens is 342 g/mol. The molecule has 1 aromatic carbocycles. The highest BCUT2D eigenvalue weighted by molar-refractivity contribution is 5.83. The molecule has 1 fully saturated rings. The lowest BCUT2D eigenvalue weighted by Gasteiger charge is -2.25. The molecule has 5 heteroatoms. The van der Waals surface area contributed by atoms with Crippen LogP contribution < -0.4 is 10.3 Å². The summed E-state index contributed by atoms with van der Waals surface area (Å²) >= 11 is 0. The summed E-state index contributed by atoms with van der Waals surface area (Å²) in [4.78, 5) is 25.7. The molecule has 0 radical (unpaired) electrons. The molecule has 0 N–H and O–H groups in total. The first kappa shape index (κ1) is 19.5. The molecule has 1 aliphatic rings. The fourth-order valence-corrected chi connectivity index (χ4v) is 3.73. The van der Waals surface area contributed by atoms with Crippen LogP contribution in [0.2, 0.25) is 0 Å². The van der Waals surface area contributed by atoms with Crippen LogP contribution >= 0.6 is 0 Å².